The fourth-order valence-corrected chi connectivity index (χ4v) is 5.09. The van der Waals surface area contributed by atoms with E-state index < -0.39 is 23.7 Å². The number of amides is 1. The lowest BCUT2D eigenvalue weighted by atomic mass is 9.74. The summed E-state index contributed by atoms with van der Waals surface area (Å²) in [7, 11) is 1.61. The molecule has 1 saturated carbocycles. The number of carbonyl (C=O) groups excluding carboxylic acids is 2. The summed E-state index contributed by atoms with van der Waals surface area (Å²) in [5.41, 5.74) is -0.475. The van der Waals surface area contributed by atoms with Crippen molar-refractivity contribution in [1.82, 2.24) is 9.80 Å². The lowest BCUT2D eigenvalue weighted by molar-refractivity contribution is -0.143. The van der Waals surface area contributed by atoms with Gasteiger partial charge in [-0.25, -0.2) is 4.79 Å². The Morgan fingerprint density at radius 1 is 1.29 bits per heavy atom. The lowest BCUT2D eigenvalue weighted by Crippen LogP contribution is -2.55. The molecular formula is C23H31ClN2O5. The van der Waals surface area contributed by atoms with Gasteiger partial charge in [0.2, 0.25) is 0 Å². The topological polar surface area (TPSA) is 87.2 Å². The second-order valence-corrected chi connectivity index (χ2v) is 9.04. The third-order valence-corrected chi connectivity index (χ3v) is 6.90. The van der Waals surface area contributed by atoms with Crippen LogP contribution in [0.15, 0.2) is 24.3 Å². The molecule has 1 aromatic rings. The molecule has 7 nitrogen and oxygen atoms in total. The molecule has 1 heterocycles. The normalized spacial score (nSPS) is 23.9. The smallest absolute Gasteiger partial charge is 0.410 e. The fourth-order valence-electron chi connectivity index (χ4n) is 4.80. The molecule has 31 heavy (non-hydrogen) atoms. The van der Waals surface area contributed by atoms with Crippen molar-refractivity contribution < 1.29 is 24.2 Å². The van der Waals surface area contributed by atoms with Crippen molar-refractivity contribution >= 4 is 29.4 Å². The van der Waals surface area contributed by atoms with Gasteiger partial charge in [0.25, 0.3) is 0 Å². The van der Waals surface area contributed by atoms with Gasteiger partial charge in [-0.1, -0.05) is 29.8 Å². The molecule has 1 unspecified atom stereocenters. The minimum Gasteiger partial charge on any atom is -0.481 e. The summed E-state index contributed by atoms with van der Waals surface area (Å²) in [5.74, 6) is -1.06. The number of likely N-dealkylation sites (tertiary alicyclic amines) is 1. The van der Waals surface area contributed by atoms with Crippen LogP contribution in [0.5, 0.6) is 0 Å². The number of piperidine rings is 1. The van der Waals surface area contributed by atoms with Crippen LogP contribution in [0.25, 0.3) is 0 Å². The molecule has 1 saturated heterocycles. The van der Waals surface area contributed by atoms with Crippen LogP contribution in [0.4, 0.5) is 4.79 Å². The van der Waals surface area contributed by atoms with E-state index >= 15 is 0 Å². The van der Waals surface area contributed by atoms with Crippen LogP contribution >= 0.6 is 11.6 Å². The molecule has 1 aliphatic heterocycles. The molecule has 0 aromatic heterocycles. The highest BCUT2D eigenvalue weighted by molar-refractivity contribution is 6.31. The number of nitrogens with zero attached hydrogens (tertiary/aromatic N) is 2. The molecule has 2 aliphatic rings. The van der Waals surface area contributed by atoms with Crippen LogP contribution in [0.2, 0.25) is 5.02 Å². The lowest BCUT2D eigenvalue weighted by Gasteiger charge is -2.43. The number of aliphatic carboxylic acids is 1. The zero-order valence-corrected chi connectivity index (χ0v) is 18.9. The molecule has 1 aliphatic carbocycles. The molecule has 0 radical (unpaired) electrons. The van der Waals surface area contributed by atoms with Gasteiger partial charge in [0.15, 0.2) is 5.78 Å². The second kappa shape index (κ2) is 10.0. The highest BCUT2D eigenvalue weighted by atomic mass is 35.5. The monoisotopic (exact) mass is 450 g/mol. The predicted molar refractivity (Wildman–Crippen MR) is 117 cm³/mol. The Morgan fingerprint density at radius 2 is 1.97 bits per heavy atom. The van der Waals surface area contributed by atoms with E-state index in [2.05, 4.69) is 4.90 Å². The first kappa shape index (κ1) is 23.5. The van der Waals surface area contributed by atoms with Crippen LogP contribution in [-0.4, -0.2) is 65.5 Å². The summed E-state index contributed by atoms with van der Waals surface area (Å²) in [6, 6.07) is 7.18. The van der Waals surface area contributed by atoms with Gasteiger partial charge in [-0.05, 0) is 58.2 Å². The minimum absolute atomic E-state index is 0.0188. The van der Waals surface area contributed by atoms with Gasteiger partial charge < -0.3 is 9.84 Å². The van der Waals surface area contributed by atoms with Gasteiger partial charge in [-0.2, -0.15) is 0 Å². The number of ether oxygens (including phenoxy) is 1. The van der Waals surface area contributed by atoms with E-state index in [0.717, 1.165) is 12.8 Å². The van der Waals surface area contributed by atoms with Gasteiger partial charge in [0.1, 0.15) is 11.6 Å². The van der Waals surface area contributed by atoms with Gasteiger partial charge in [-0.15, -0.1) is 0 Å². The number of carboxylic acid groups (broad SMARTS) is 1. The van der Waals surface area contributed by atoms with Crippen molar-refractivity contribution in [2.24, 2.45) is 5.92 Å². The summed E-state index contributed by atoms with van der Waals surface area (Å²) >= 11 is 6.45. The standard InChI is InChI=1S/C23H31ClN2O5/c1-16(15-26-13-10-17(11-14-26)21(28)29)31-22(30)25(2)23(12-6-5-9-20(23)27)18-7-3-4-8-19(18)24/h3-4,7-8,16-17H,5-6,9-15H2,1-2H3,(H,28,29)/t16?,23-/m0/s1. The molecule has 3 rings (SSSR count). The van der Waals surface area contributed by atoms with Gasteiger partial charge >= 0.3 is 12.1 Å². The molecule has 1 amide bonds. The summed E-state index contributed by atoms with van der Waals surface area (Å²) in [6.45, 7) is 3.67. The van der Waals surface area contributed by atoms with E-state index in [-0.39, 0.29) is 11.7 Å². The maximum Gasteiger partial charge on any atom is 0.410 e. The first-order chi connectivity index (χ1) is 14.8. The molecule has 0 spiro atoms. The largest absolute Gasteiger partial charge is 0.481 e. The third kappa shape index (κ3) is 5.04. The molecular weight excluding hydrogens is 420 g/mol. The van der Waals surface area contributed by atoms with Crippen molar-refractivity contribution in [3.63, 3.8) is 0 Å². The van der Waals surface area contributed by atoms with Crippen molar-refractivity contribution in [3.05, 3.63) is 34.9 Å². The van der Waals surface area contributed by atoms with E-state index in [1.807, 2.05) is 19.1 Å². The minimum atomic E-state index is -1.12. The summed E-state index contributed by atoms with van der Waals surface area (Å²) in [5, 5.41) is 9.60. The second-order valence-electron chi connectivity index (χ2n) is 8.64. The molecule has 1 aromatic carbocycles. The highest BCUT2D eigenvalue weighted by Gasteiger charge is 2.48. The van der Waals surface area contributed by atoms with Gasteiger partial charge in [0.05, 0.1) is 5.92 Å². The highest BCUT2D eigenvalue weighted by Crippen LogP contribution is 2.42. The zero-order chi connectivity index (χ0) is 22.6. The van der Waals surface area contributed by atoms with E-state index in [9.17, 15) is 14.4 Å². The molecule has 0 bridgehead atoms. The Bertz CT molecular complexity index is 824. The van der Waals surface area contributed by atoms with Crippen LogP contribution in [-0.2, 0) is 19.9 Å². The van der Waals surface area contributed by atoms with Crippen molar-refractivity contribution in [3.8, 4) is 0 Å². The van der Waals surface area contributed by atoms with Crippen LogP contribution in [0, 0.1) is 5.92 Å². The van der Waals surface area contributed by atoms with Crippen molar-refractivity contribution in [2.45, 2.75) is 57.1 Å². The average molecular weight is 451 g/mol. The summed E-state index contributed by atoms with van der Waals surface area (Å²) in [4.78, 5) is 40.9. The Labute approximate surface area is 188 Å². The third-order valence-electron chi connectivity index (χ3n) is 6.57. The molecule has 2 fully saturated rings. The molecule has 170 valence electrons. The number of hydrogen-bond donors (Lipinski definition) is 1. The number of halogens is 1. The zero-order valence-electron chi connectivity index (χ0n) is 18.2. The SMILES string of the molecule is CC(CN1CCC(C(=O)O)CC1)OC(=O)N(C)[C@]1(c2ccccc2Cl)CCCCC1=O. The van der Waals surface area contributed by atoms with E-state index in [1.165, 1.54) is 4.90 Å². The van der Waals surface area contributed by atoms with Gasteiger partial charge in [-0.3, -0.25) is 19.4 Å². The van der Waals surface area contributed by atoms with Crippen LogP contribution in [0.1, 0.15) is 51.0 Å². The molecule has 8 heteroatoms. The fraction of sp³-hybridized carbons (Fsp3) is 0.609. The van der Waals surface area contributed by atoms with Crippen molar-refractivity contribution in [1.29, 1.82) is 0 Å². The van der Waals surface area contributed by atoms with Crippen LogP contribution in [0.3, 0.4) is 0 Å². The number of ketones is 1. The molecule has 2 atom stereocenters. The average Bonchev–Trinajstić information content (AvgIpc) is 2.74. The number of likely N-dealkylation sites (N-methyl/N-ethyl adjacent to an activating group) is 1. The van der Waals surface area contributed by atoms with Crippen molar-refractivity contribution in [2.75, 3.05) is 26.7 Å². The summed E-state index contributed by atoms with van der Waals surface area (Å²) < 4.78 is 5.71. The Balaban J connectivity index is 1.69. The molecule has 1 N–H and O–H groups in total. The Morgan fingerprint density at radius 3 is 2.58 bits per heavy atom. The van der Waals surface area contributed by atoms with Gasteiger partial charge in [0, 0.05) is 30.6 Å². The van der Waals surface area contributed by atoms with Crippen LogP contribution < -0.4 is 0 Å². The predicted octanol–water partition coefficient (Wildman–Crippen LogP) is 3.93. The number of carboxylic acids is 1. The number of rotatable bonds is 6. The van der Waals surface area contributed by atoms with E-state index in [4.69, 9.17) is 21.4 Å². The Hall–Kier alpha value is -2.12. The first-order valence-corrected chi connectivity index (χ1v) is 11.3. The number of benzene rings is 1. The quantitative estimate of drug-likeness (QED) is 0.706. The number of carbonyl (C=O) groups is 3. The van der Waals surface area contributed by atoms with E-state index in [1.54, 1.807) is 19.2 Å². The number of Topliss-reactive ketones (excluding diaryl/α,β-unsaturated/α-hetero) is 1. The van der Waals surface area contributed by atoms with E-state index in [0.29, 0.717) is 55.9 Å². The number of hydrogen-bond acceptors (Lipinski definition) is 5. The first-order valence-electron chi connectivity index (χ1n) is 10.9. The Kier molecular flexibility index (Phi) is 7.59. The maximum atomic E-state index is 13.1. The summed E-state index contributed by atoms with van der Waals surface area (Å²) in [6.07, 6.45) is 2.79. The maximum absolute atomic E-state index is 13.1.